The van der Waals surface area contributed by atoms with E-state index < -0.39 is 10.0 Å². The summed E-state index contributed by atoms with van der Waals surface area (Å²) in [6, 6.07) is 11.2. The highest BCUT2D eigenvalue weighted by Crippen LogP contribution is 2.27. The van der Waals surface area contributed by atoms with Crippen LogP contribution in [-0.2, 0) is 16.6 Å². The molecule has 0 saturated heterocycles. The largest absolute Gasteiger partial charge is 0.398 e. The zero-order chi connectivity index (χ0) is 15.6. The smallest absolute Gasteiger partial charge is 0.241 e. The van der Waals surface area contributed by atoms with Crippen LogP contribution in [0.5, 0.6) is 0 Å². The van der Waals surface area contributed by atoms with E-state index in [9.17, 15) is 8.42 Å². The first-order chi connectivity index (χ1) is 9.83. The molecule has 4 nitrogen and oxygen atoms in total. The molecule has 0 radical (unpaired) electrons. The summed E-state index contributed by atoms with van der Waals surface area (Å²) in [5.41, 5.74) is 9.61. The average Bonchev–Trinajstić information content (AvgIpc) is 2.44. The first-order valence-corrected chi connectivity index (χ1v) is 8.21. The van der Waals surface area contributed by atoms with Crippen LogP contribution in [0.3, 0.4) is 0 Å². The van der Waals surface area contributed by atoms with Gasteiger partial charge in [0.2, 0.25) is 10.0 Å². The molecule has 0 saturated carbocycles. The highest BCUT2D eigenvalue weighted by molar-refractivity contribution is 7.89. The number of hydrogen-bond donors (Lipinski definition) is 2. The molecule has 5 heteroatoms. The van der Waals surface area contributed by atoms with E-state index in [0.717, 1.165) is 11.1 Å². The van der Waals surface area contributed by atoms with E-state index in [2.05, 4.69) is 4.72 Å². The molecular formula is C16H20N2O2S. The topological polar surface area (TPSA) is 72.2 Å². The van der Waals surface area contributed by atoms with Crippen molar-refractivity contribution in [2.75, 3.05) is 5.73 Å². The van der Waals surface area contributed by atoms with Crippen molar-refractivity contribution in [3.8, 4) is 0 Å². The maximum Gasteiger partial charge on any atom is 0.241 e. The van der Waals surface area contributed by atoms with E-state index in [1.165, 1.54) is 0 Å². The van der Waals surface area contributed by atoms with Crippen molar-refractivity contribution >= 4 is 15.7 Å². The first-order valence-electron chi connectivity index (χ1n) is 6.73. The van der Waals surface area contributed by atoms with Crippen molar-refractivity contribution in [1.29, 1.82) is 0 Å². The highest BCUT2D eigenvalue weighted by Gasteiger charge is 2.21. The van der Waals surface area contributed by atoms with Crippen LogP contribution in [0.1, 0.15) is 22.3 Å². The molecule has 112 valence electrons. The molecule has 0 unspecified atom stereocenters. The molecule has 2 aromatic carbocycles. The number of nitrogens with one attached hydrogen (secondary N) is 1. The predicted octanol–water partition coefficient (Wildman–Crippen LogP) is 2.67. The van der Waals surface area contributed by atoms with Gasteiger partial charge < -0.3 is 5.73 Å². The van der Waals surface area contributed by atoms with Gasteiger partial charge >= 0.3 is 0 Å². The Balaban J connectivity index is 2.35. The van der Waals surface area contributed by atoms with Crippen LogP contribution >= 0.6 is 0 Å². The molecule has 0 atom stereocenters. The summed E-state index contributed by atoms with van der Waals surface area (Å²) in [4.78, 5) is 0.279. The molecule has 2 aromatic rings. The van der Waals surface area contributed by atoms with E-state index >= 15 is 0 Å². The molecular weight excluding hydrogens is 284 g/mol. The normalized spacial score (nSPS) is 11.6. The zero-order valence-corrected chi connectivity index (χ0v) is 13.3. The Bertz CT molecular complexity index is 754. The molecule has 0 fully saturated rings. The average molecular weight is 304 g/mol. The van der Waals surface area contributed by atoms with E-state index in [1.807, 2.05) is 37.3 Å². The maximum atomic E-state index is 12.5. The Labute approximate surface area is 126 Å². The van der Waals surface area contributed by atoms with Crippen LogP contribution in [0.25, 0.3) is 0 Å². The number of sulfonamides is 1. The van der Waals surface area contributed by atoms with Gasteiger partial charge in [-0.25, -0.2) is 13.1 Å². The zero-order valence-electron chi connectivity index (χ0n) is 12.5. The summed E-state index contributed by atoms with van der Waals surface area (Å²) in [7, 11) is -3.59. The predicted molar refractivity (Wildman–Crippen MR) is 85.5 cm³/mol. The second kappa shape index (κ2) is 5.87. The van der Waals surface area contributed by atoms with E-state index in [1.54, 1.807) is 19.9 Å². The van der Waals surface area contributed by atoms with Gasteiger partial charge in [0.25, 0.3) is 0 Å². The molecule has 2 rings (SSSR count). The number of nitrogens with two attached hydrogens (primary N) is 1. The molecule has 0 aliphatic rings. The number of benzene rings is 2. The van der Waals surface area contributed by atoms with Gasteiger partial charge in [-0.1, -0.05) is 36.4 Å². The van der Waals surface area contributed by atoms with Gasteiger partial charge in [0.05, 0.1) is 4.90 Å². The second-order valence-electron chi connectivity index (χ2n) is 5.19. The monoisotopic (exact) mass is 304 g/mol. The summed E-state index contributed by atoms with van der Waals surface area (Å²) < 4.78 is 27.7. The minimum Gasteiger partial charge on any atom is -0.398 e. The van der Waals surface area contributed by atoms with Crippen molar-refractivity contribution in [3.63, 3.8) is 0 Å². The third-order valence-corrected chi connectivity index (χ3v) is 5.23. The first kappa shape index (κ1) is 15.5. The van der Waals surface area contributed by atoms with Gasteiger partial charge in [0, 0.05) is 12.2 Å². The van der Waals surface area contributed by atoms with Crippen molar-refractivity contribution in [2.45, 2.75) is 32.2 Å². The Morgan fingerprint density at radius 3 is 2.29 bits per heavy atom. The quantitative estimate of drug-likeness (QED) is 0.853. The maximum absolute atomic E-state index is 12.5. The molecule has 0 aromatic heterocycles. The van der Waals surface area contributed by atoms with Crippen molar-refractivity contribution in [1.82, 2.24) is 4.72 Å². The molecule has 21 heavy (non-hydrogen) atoms. The van der Waals surface area contributed by atoms with Crippen LogP contribution in [0.2, 0.25) is 0 Å². The number of hydrogen-bond acceptors (Lipinski definition) is 3. The summed E-state index contributed by atoms with van der Waals surface area (Å²) in [5, 5.41) is 0. The van der Waals surface area contributed by atoms with Gasteiger partial charge in [-0.05, 0) is 43.0 Å². The van der Waals surface area contributed by atoms with E-state index in [0.29, 0.717) is 16.8 Å². The lowest BCUT2D eigenvalue weighted by Crippen LogP contribution is -2.25. The van der Waals surface area contributed by atoms with Crippen LogP contribution in [0, 0.1) is 20.8 Å². The molecule has 0 aliphatic carbocycles. The third kappa shape index (κ3) is 3.25. The fourth-order valence-electron chi connectivity index (χ4n) is 2.44. The fraction of sp³-hybridized carbons (Fsp3) is 0.250. The minimum absolute atomic E-state index is 0.260. The molecule has 0 spiro atoms. The van der Waals surface area contributed by atoms with Crippen molar-refractivity contribution in [3.05, 3.63) is 58.7 Å². The lowest BCUT2D eigenvalue weighted by Gasteiger charge is -2.15. The second-order valence-corrected chi connectivity index (χ2v) is 6.89. The van der Waals surface area contributed by atoms with Crippen molar-refractivity contribution < 1.29 is 8.42 Å². The lowest BCUT2D eigenvalue weighted by molar-refractivity contribution is 0.580. The number of anilines is 1. The van der Waals surface area contributed by atoms with Crippen molar-refractivity contribution in [2.24, 2.45) is 0 Å². The standard InChI is InChI=1S/C16H20N2O2S/c1-11-9-12(2)16(13(3)15(11)17)21(19,20)18-10-14-7-5-4-6-8-14/h4-9,18H,10,17H2,1-3H3. The summed E-state index contributed by atoms with van der Waals surface area (Å²) in [6.45, 7) is 5.67. The van der Waals surface area contributed by atoms with Crippen LogP contribution in [0.4, 0.5) is 5.69 Å². The van der Waals surface area contributed by atoms with Gasteiger partial charge in [-0.15, -0.1) is 0 Å². The molecule has 0 aliphatic heterocycles. The lowest BCUT2D eigenvalue weighted by atomic mass is 10.1. The van der Waals surface area contributed by atoms with Crippen LogP contribution < -0.4 is 10.5 Å². The Morgan fingerprint density at radius 1 is 1.05 bits per heavy atom. The minimum atomic E-state index is -3.59. The Morgan fingerprint density at radius 2 is 1.67 bits per heavy atom. The van der Waals surface area contributed by atoms with Crippen LogP contribution in [-0.4, -0.2) is 8.42 Å². The molecule has 0 heterocycles. The summed E-state index contributed by atoms with van der Waals surface area (Å²) in [5.74, 6) is 0. The third-order valence-electron chi connectivity index (χ3n) is 3.54. The number of nitrogen functional groups attached to an aromatic ring is 1. The Hall–Kier alpha value is -1.85. The van der Waals surface area contributed by atoms with Gasteiger partial charge in [-0.3, -0.25) is 0 Å². The highest BCUT2D eigenvalue weighted by atomic mass is 32.2. The summed E-state index contributed by atoms with van der Waals surface area (Å²) >= 11 is 0. The fourth-order valence-corrected chi connectivity index (χ4v) is 3.94. The van der Waals surface area contributed by atoms with Gasteiger partial charge in [0.1, 0.15) is 0 Å². The van der Waals surface area contributed by atoms with Gasteiger partial charge in [0.15, 0.2) is 0 Å². The molecule has 0 bridgehead atoms. The number of rotatable bonds is 4. The van der Waals surface area contributed by atoms with Crippen LogP contribution in [0.15, 0.2) is 41.3 Å². The van der Waals surface area contributed by atoms with Gasteiger partial charge in [-0.2, -0.15) is 0 Å². The Kier molecular flexibility index (Phi) is 4.34. The molecule has 3 N–H and O–H groups in total. The van der Waals surface area contributed by atoms with E-state index in [4.69, 9.17) is 5.73 Å². The number of aryl methyl sites for hydroxylation is 2. The van der Waals surface area contributed by atoms with E-state index in [-0.39, 0.29) is 11.4 Å². The SMILES string of the molecule is Cc1cc(C)c(S(=O)(=O)NCc2ccccc2)c(C)c1N. The molecule has 0 amide bonds. The summed E-state index contributed by atoms with van der Waals surface area (Å²) in [6.07, 6.45) is 0.